The van der Waals surface area contributed by atoms with Gasteiger partial charge in [-0.2, -0.15) is 0 Å². The minimum atomic E-state index is -0.115. The second-order valence-electron chi connectivity index (χ2n) is 10.1. The third-order valence-corrected chi connectivity index (χ3v) is 7.83. The Morgan fingerprint density at radius 2 is 1.74 bits per heavy atom. The van der Waals surface area contributed by atoms with Gasteiger partial charge in [0.2, 0.25) is 0 Å². The number of ether oxygens (including phenoxy) is 3. The number of carbonyl (C=O) groups excluding carboxylic acids is 1. The minimum absolute atomic E-state index is 0.115. The predicted molar refractivity (Wildman–Crippen MR) is 138 cm³/mol. The largest absolute Gasteiger partial charge is 0.493 e. The first-order chi connectivity index (χ1) is 16.9. The summed E-state index contributed by atoms with van der Waals surface area (Å²) in [6.45, 7) is 9.33. The number of hydrogen-bond acceptors (Lipinski definition) is 6. The van der Waals surface area contributed by atoms with Crippen molar-refractivity contribution in [3.63, 3.8) is 0 Å². The molecule has 1 fully saturated rings. The van der Waals surface area contributed by atoms with Crippen molar-refractivity contribution < 1.29 is 19.0 Å². The number of rotatable bonds is 8. The van der Waals surface area contributed by atoms with Crippen LogP contribution in [0, 0.1) is 19.8 Å². The van der Waals surface area contributed by atoms with E-state index in [1.807, 2.05) is 0 Å². The lowest BCUT2D eigenvalue weighted by atomic mass is 9.85. The summed E-state index contributed by atoms with van der Waals surface area (Å²) in [7, 11) is 4.87. The fourth-order valence-corrected chi connectivity index (χ4v) is 5.86. The number of hydrogen-bond donors (Lipinski definition) is 0. The summed E-state index contributed by atoms with van der Waals surface area (Å²) in [4.78, 5) is 17.2. The molecule has 35 heavy (non-hydrogen) atoms. The lowest BCUT2D eigenvalue weighted by Crippen LogP contribution is -2.52. The van der Waals surface area contributed by atoms with E-state index in [0.717, 1.165) is 63.5 Å². The highest BCUT2D eigenvalue weighted by Gasteiger charge is 2.35. The first-order valence-electron chi connectivity index (χ1n) is 12.7. The topological polar surface area (TPSA) is 51.2 Å². The minimum Gasteiger partial charge on any atom is -0.493 e. The van der Waals surface area contributed by atoms with Crippen molar-refractivity contribution in [3.8, 4) is 11.5 Å². The normalized spacial score (nSPS) is 20.8. The van der Waals surface area contributed by atoms with Crippen molar-refractivity contribution in [2.24, 2.45) is 5.92 Å². The standard InChI is InChI=1S/C29H40N2O4/c1-20-6-7-23(21(2)14-20)17-30-12-11-26(24(18-30)8-9-29(32)35-5)31-13-10-22-15-27(33-3)28(34-4)16-25(22)19-31/h6-7,14-16,24,26H,8-13,17-19H2,1-5H3/t24-,26+/m1/s1. The summed E-state index contributed by atoms with van der Waals surface area (Å²) in [5.41, 5.74) is 6.72. The van der Waals surface area contributed by atoms with Crippen molar-refractivity contribution in [1.82, 2.24) is 9.80 Å². The number of benzene rings is 2. The van der Waals surface area contributed by atoms with Gasteiger partial charge in [-0.25, -0.2) is 0 Å². The lowest BCUT2D eigenvalue weighted by molar-refractivity contribution is -0.141. The Morgan fingerprint density at radius 3 is 2.43 bits per heavy atom. The van der Waals surface area contributed by atoms with Gasteiger partial charge >= 0.3 is 5.97 Å². The van der Waals surface area contributed by atoms with Gasteiger partial charge in [-0.3, -0.25) is 14.6 Å². The molecule has 6 nitrogen and oxygen atoms in total. The van der Waals surface area contributed by atoms with E-state index in [-0.39, 0.29) is 5.97 Å². The molecule has 0 aromatic heterocycles. The molecule has 2 aliphatic rings. The Morgan fingerprint density at radius 1 is 1.00 bits per heavy atom. The van der Waals surface area contributed by atoms with Gasteiger partial charge in [0.25, 0.3) is 0 Å². The van der Waals surface area contributed by atoms with Crippen LogP contribution in [0.3, 0.4) is 0 Å². The van der Waals surface area contributed by atoms with Gasteiger partial charge in [-0.05, 0) is 80.0 Å². The van der Waals surface area contributed by atoms with Gasteiger partial charge < -0.3 is 14.2 Å². The zero-order chi connectivity index (χ0) is 24.9. The number of esters is 1. The van der Waals surface area contributed by atoms with Crippen LogP contribution in [0.5, 0.6) is 11.5 Å². The number of carbonyl (C=O) groups is 1. The maximum absolute atomic E-state index is 12.0. The Kier molecular flexibility index (Phi) is 8.34. The summed E-state index contributed by atoms with van der Waals surface area (Å²) in [6, 6.07) is 11.5. The molecule has 2 aromatic carbocycles. The number of methoxy groups -OCH3 is 3. The van der Waals surface area contributed by atoms with Crippen molar-refractivity contribution in [2.75, 3.05) is 41.0 Å². The monoisotopic (exact) mass is 480 g/mol. The average Bonchev–Trinajstić information content (AvgIpc) is 2.87. The lowest BCUT2D eigenvalue weighted by Gasteiger charge is -2.45. The maximum atomic E-state index is 12.0. The van der Waals surface area contributed by atoms with Crippen molar-refractivity contribution in [2.45, 2.75) is 58.7 Å². The fraction of sp³-hybridized carbons (Fsp3) is 0.552. The number of nitrogens with zero attached hydrogens (tertiary/aromatic N) is 2. The molecule has 0 spiro atoms. The Bertz CT molecular complexity index is 1040. The van der Waals surface area contributed by atoms with Crippen LogP contribution in [-0.4, -0.2) is 62.8 Å². The highest BCUT2D eigenvalue weighted by Crippen LogP contribution is 2.36. The van der Waals surface area contributed by atoms with Gasteiger partial charge in [0.15, 0.2) is 11.5 Å². The zero-order valence-corrected chi connectivity index (χ0v) is 21.9. The van der Waals surface area contributed by atoms with Crippen molar-refractivity contribution in [1.29, 1.82) is 0 Å². The molecule has 2 heterocycles. The second kappa shape index (κ2) is 11.4. The molecule has 6 heteroatoms. The van der Waals surface area contributed by atoms with E-state index in [1.54, 1.807) is 14.2 Å². The third-order valence-electron chi connectivity index (χ3n) is 7.83. The van der Waals surface area contributed by atoms with Gasteiger partial charge in [0.05, 0.1) is 21.3 Å². The number of fused-ring (bicyclic) bond motifs is 1. The van der Waals surface area contributed by atoms with E-state index in [2.05, 4.69) is 54.0 Å². The van der Waals surface area contributed by atoms with E-state index in [4.69, 9.17) is 14.2 Å². The van der Waals surface area contributed by atoms with Gasteiger partial charge in [0, 0.05) is 38.6 Å². The second-order valence-corrected chi connectivity index (χ2v) is 10.1. The molecule has 2 aliphatic heterocycles. The van der Waals surface area contributed by atoms with E-state index < -0.39 is 0 Å². The van der Waals surface area contributed by atoms with Crippen LogP contribution in [0.1, 0.15) is 47.1 Å². The van der Waals surface area contributed by atoms with E-state index in [9.17, 15) is 4.79 Å². The van der Waals surface area contributed by atoms with Crippen LogP contribution in [0.4, 0.5) is 0 Å². The highest BCUT2D eigenvalue weighted by molar-refractivity contribution is 5.69. The summed E-state index contributed by atoms with van der Waals surface area (Å²) in [5.74, 6) is 1.90. The first-order valence-corrected chi connectivity index (χ1v) is 12.7. The molecule has 1 saturated heterocycles. The summed E-state index contributed by atoms with van der Waals surface area (Å²) in [6.07, 6.45) is 3.45. The number of piperidine rings is 1. The van der Waals surface area contributed by atoms with Gasteiger partial charge in [0.1, 0.15) is 0 Å². The predicted octanol–water partition coefficient (Wildman–Crippen LogP) is 4.52. The highest BCUT2D eigenvalue weighted by atomic mass is 16.5. The fourth-order valence-electron chi connectivity index (χ4n) is 5.86. The molecule has 0 unspecified atom stereocenters. The van der Waals surface area contributed by atoms with Gasteiger partial charge in [-0.1, -0.05) is 23.8 Å². The van der Waals surface area contributed by atoms with Crippen LogP contribution in [-0.2, 0) is 29.0 Å². The molecule has 2 aromatic rings. The van der Waals surface area contributed by atoms with E-state index in [1.165, 1.54) is 34.9 Å². The average molecular weight is 481 g/mol. The summed E-state index contributed by atoms with van der Waals surface area (Å²) < 4.78 is 16.1. The van der Waals surface area contributed by atoms with Gasteiger partial charge in [-0.15, -0.1) is 0 Å². The molecule has 0 amide bonds. The summed E-state index contributed by atoms with van der Waals surface area (Å²) in [5, 5.41) is 0. The molecular weight excluding hydrogens is 440 g/mol. The van der Waals surface area contributed by atoms with E-state index in [0.29, 0.717) is 18.4 Å². The van der Waals surface area contributed by atoms with Crippen LogP contribution in [0.25, 0.3) is 0 Å². The first kappa shape index (κ1) is 25.5. The molecule has 4 rings (SSSR count). The molecule has 0 aliphatic carbocycles. The Hall–Kier alpha value is -2.57. The zero-order valence-electron chi connectivity index (χ0n) is 21.9. The van der Waals surface area contributed by atoms with Crippen molar-refractivity contribution >= 4 is 5.97 Å². The van der Waals surface area contributed by atoms with Crippen molar-refractivity contribution in [3.05, 3.63) is 58.1 Å². The molecule has 0 radical (unpaired) electrons. The Balaban J connectivity index is 1.49. The maximum Gasteiger partial charge on any atom is 0.305 e. The summed E-state index contributed by atoms with van der Waals surface area (Å²) >= 11 is 0. The quantitative estimate of drug-likeness (QED) is 0.518. The molecule has 190 valence electrons. The molecule has 0 N–H and O–H groups in total. The van der Waals surface area contributed by atoms with Crippen LogP contribution >= 0.6 is 0 Å². The van der Waals surface area contributed by atoms with Crippen LogP contribution in [0.2, 0.25) is 0 Å². The molecule has 2 atom stereocenters. The molecule has 0 bridgehead atoms. The smallest absolute Gasteiger partial charge is 0.305 e. The molecular formula is C29H40N2O4. The van der Waals surface area contributed by atoms with Crippen LogP contribution < -0.4 is 9.47 Å². The van der Waals surface area contributed by atoms with E-state index >= 15 is 0 Å². The third kappa shape index (κ3) is 5.99. The molecule has 0 saturated carbocycles. The number of likely N-dealkylation sites (tertiary alicyclic amines) is 1. The van der Waals surface area contributed by atoms with Crippen LogP contribution in [0.15, 0.2) is 30.3 Å². The Labute approximate surface area is 210 Å². The SMILES string of the molecule is COC(=O)CC[C@@H]1CN(Cc2ccc(C)cc2C)CC[C@@H]1N1CCc2cc(OC)c(OC)cc2C1. The number of aryl methyl sites for hydroxylation is 2.